The molecule has 1 aliphatic rings. The molecule has 8 heteroatoms. The fourth-order valence-corrected chi connectivity index (χ4v) is 7.90. The van der Waals surface area contributed by atoms with E-state index in [9.17, 15) is 0 Å². The second-order valence-corrected chi connectivity index (χ2v) is 13.8. The first-order chi connectivity index (χ1) is 27.8. The number of hydrogen-bond acceptors (Lipinski definition) is 6. The van der Waals surface area contributed by atoms with Gasteiger partial charge in [-0.15, -0.1) is 0 Å². The molecule has 8 nitrogen and oxygen atoms in total. The second kappa shape index (κ2) is 13.0. The summed E-state index contributed by atoms with van der Waals surface area (Å²) >= 11 is 0. The summed E-state index contributed by atoms with van der Waals surface area (Å²) in [5.41, 5.74) is 7.75. The van der Waals surface area contributed by atoms with E-state index < -0.39 is 0 Å². The number of para-hydroxylation sites is 2. The zero-order valence-electron chi connectivity index (χ0n) is 30.0. The van der Waals surface area contributed by atoms with Crippen LogP contribution in [0.4, 0.5) is 0 Å². The topological polar surface area (TPSA) is 85.3 Å². The highest BCUT2D eigenvalue weighted by Crippen LogP contribution is 2.41. The molecule has 1 N–H and O–H groups in total. The van der Waals surface area contributed by atoms with Gasteiger partial charge >= 0.3 is 0 Å². The van der Waals surface area contributed by atoms with E-state index >= 15 is 0 Å². The average Bonchev–Trinajstić information content (AvgIpc) is 3.81. The smallest absolute Gasteiger partial charge is 0.238 e. The highest BCUT2D eigenvalue weighted by atomic mass is 15.3. The van der Waals surface area contributed by atoms with Crippen molar-refractivity contribution >= 4 is 55.4 Å². The first-order valence-electron chi connectivity index (χ1n) is 18.6. The summed E-state index contributed by atoms with van der Waals surface area (Å²) in [5.74, 6) is 3.05. The van der Waals surface area contributed by atoms with Gasteiger partial charge in [0.15, 0.2) is 11.6 Å². The Morgan fingerprint density at radius 3 is 1.45 bits per heavy atom. The van der Waals surface area contributed by atoms with E-state index in [2.05, 4.69) is 99.4 Å². The van der Waals surface area contributed by atoms with Gasteiger partial charge in [0.2, 0.25) is 11.9 Å². The quantitative estimate of drug-likeness (QED) is 0.192. The lowest BCUT2D eigenvalue weighted by Gasteiger charge is -2.24. The maximum absolute atomic E-state index is 5.37. The Morgan fingerprint density at radius 1 is 0.411 bits per heavy atom. The van der Waals surface area contributed by atoms with Crippen molar-refractivity contribution in [1.82, 2.24) is 29.4 Å². The molecule has 10 aromatic rings. The Bertz CT molecular complexity index is 3090. The molecule has 1 aliphatic heterocycles. The first kappa shape index (κ1) is 31.8. The van der Waals surface area contributed by atoms with Gasteiger partial charge < -0.3 is 5.32 Å². The molecule has 1 unspecified atom stereocenters. The summed E-state index contributed by atoms with van der Waals surface area (Å²) in [6.07, 6.45) is -0.370. The Morgan fingerprint density at radius 2 is 0.875 bits per heavy atom. The molecule has 1 atom stereocenters. The number of benzene rings is 7. The summed E-state index contributed by atoms with van der Waals surface area (Å²) in [5, 5.41) is 7.96. The van der Waals surface area contributed by atoms with Gasteiger partial charge in [0.1, 0.15) is 12.0 Å². The van der Waals surface area contributed by atoms with Gasteiger partial charge in [-0.2, -0.15) is 15.0 Å². The zero-order valence-corrected chi connectivity index (χ0v) is 30.0. The molecular formula is C48H32N8. The SMILES string of the molecule is c1ccc(C2=NC(n3c4ccccc4c4ccc5c6ccccc6n(-c6nc(-c7ccccc7)nc(-c7ccccc7)n6)c5c43)=NC(c3ccccc3)N2)cc1. The van der Waals surface area contributed by atoms with Crippen molar-refractivity contribution in [2.45, 2.75) is 6.17 Å². The van der Waals surface area contributed by atoms with Gasteiger partial charge in [-0.05, 0) is 17.7 Å². The maximum atomic E-state index is 5.37. The third-order valence-electron chi connectivity index (χ3n) is 10.4. The van der Waals surface area contributed by atoms with E-state index in [4.69, 9.17) is 24.9 Å². The van der Waals surface area contributed by atoms with Crippen molar-refractivity contribution in [3.63, 3.8) is 0 Å². The molecule has 4 heterocycles. The minimum Gasteiger partial charge on any atom is -0.344 e. The number of rotatable bonds is 5. The molecule has 0 saturated carbocycles. The molecule has 11 rings (SSSR count). The van der Waals surface area contributed by atoms with E-state index in [0.717, 1.165) is 71.7 Å². The fraction of sp³-hybridized carbons (Fsp3) is 0.0208. The lowest BCUT2D eigenvalue weighted by atomic mass is 10.1. The molecule has 0 aliphatic carbocycles. The minimum atomic E-state index is -0.370. The van der Waals surface area contributed by atoms with E-state index in [-0.39, 0.29) is 6.17 Å². The van der Waals surface area contributed by atoms with Crippen LogP contribution in [-0.2, 0) is 0 Å². The monoisotopic (exact) mass is 720 g/mol. The minimum absolute atomic E-state index is 0.370. The van der Waals surface area contributed by atoms with Crippen molar-refractivity contribution in [2.75, 3.05) is 0 Å². The van der Waals surface area contributed by atoms with Crippen LogP contribution in [0.5, 0.6) is 0 Å². The Kier molecular flexibility index (Phi) is 7.38. The third-order valence-corrected chi connectivity index (χ3v) is 10.4. The van der Waals surface area contributed by atoms with Crippen LogP contribution in [0.3, 0.4) is 0 Å². The predicted molar refractivity (Wildman–Crippen MR) is 226 cm³/mol. The second-order valence-electron chi connectivity index (χ2n) is 13.8. The third kappa shape index (κ3) is 5.19. The Labute approximate surface area is 321 Å². The molecule has 0 bridgehead atoms. The molecule has 7 aromatic carbocycles. The van der Waals surface area contributed by atoms with Crippen LogP contribution in [-0.4, -0.2) is 35.9 Å². The molecule has 3 aromatic heterocycles. The van der Waals surface area contributed by atoms with Crippen LogP contribution in [0.25, 0.3) is 72.3 Å². The summed E-state index contributed by atoms with van der Waals surface area (Å²) in [4.78, 5) is 26.2. The number of nitrogens with zero attached hydrogens (tertiary/aromatic N) is 7. The Hall–Kier alpha value is -7.71. The summed E-state index contributed by atoms with van der Waals surface area (Å²) in [6, 6.07) is 62.2. The van der Waals surface area contributed by atoms with Crippen LogP contribution >= 0.6 is 0 Å². The first-order valence-corrected chi connectivity index (χ1v) is 18.6. The van der Waals surface area contributed by atoms with E-state index in [1.807, 2.05) is 97.1 Å². The van der Waals surface area contributed by atoms with E-state index in [1.54, 1.807) is 0 Å². The molecule has 0 fully saturated rings. The normalized spacial score (nSPS) is 14.2. The molecule has 0 spiro atoms. The highest BCUT2D eigenvalue weighted by molar-refractivity contribution is 6.26. The van der Waals surface area contributed by atoms with Crippen LogP contribution in [0.1, 0.15) is 17.3 Å². The largest absolute Gasteiger partial charge is 0.344 e. The van der Waals surface area contributed by atoms with Gasteiger partial charge in [-0.25, -0.2) is 9.98 Å². The van der Waals surface area contributed by atoms with Crippen LogP contribution < -0.4 is 5.32 Å². The van der Waals surface area contributed by atoms with Crippen LogP contribution in [0, 0.1) is 0 Å². The highest BCUT2D eigenvalue weighted by Gasteiger charge is 2.27. The summed E-state index contributed by atoms with van der Waals surface area (Å²) < 4.78 is 4.42. The van der Waals surface area contributed by atoms with Crippen LogP contribution in [0.15, 0.2) is 192 Å². The van der Waals surface area contributed by atoms with Gasteiger partial charge in [0.05, 0.1) is 22.1 Å². The van der Waals surface area contributed by atoms with Gasteiger partial charge in [-0.3, -0.25) is 9.13 Å². The number of hydrogen-bond donors (Lipinski definition) is 1. The van der Waals surface area contributed by atoms with Crippen molar-refractivity contribution in [3.8, 4) is 28.7 Å². The van der Waals surface area contributed by atoms with Gasteiger partial charge in [-0.1, -0.05) is 170 Å². The molecule has 0 radical (unpaired) electrons. The van der Waals surface area contributed by atoms with Crippen molar-refractivity contribution in [2.24, 2.45) is 9.98 Å². The summed E-state index contributed by atoms with van der Waals surface area (Å²) in [7, 11) is 0. The standard InChI is InChI=1S/C48H32N8/c1-5-17-31(18-6-1)43-49-44(32-19-7-2-8-20-32)52-47(51-43)55-39-27-15-13-25-35(39)37-29-30-38-36-26-14-16-28-40(36)56(42(38)41(37)55)48-53-45(33-21-9-3-10-22-33)50-46(54-48)34-23-11-4-12-24-34/h1-30,43H,(H,49,51,52). The molecule has 0 amide bonds. The van der Waals surface area contributed by atoms with Crippen molar-refractivity contribution in [3.05, 3.63) is 193 Å². The van der Waals surface area contributed by atoms with Crippen molar-refractivity contribution < 1.29 is 0 Å². The molecule has 56 heavy (non-hydrogen) atoms. The number of aliphatic imine (C=N–C) groups is 2. The number of aromatic nitrogens is 5. The summed E-state index contributed by atoms with van der Waals surface area (Å²) in [6.45, 7) is 0. The number of amidine groups is 1. The predicted octanol–water partition coefficient (Wildman–Crippen LogP) is 10.4. The zero-order chi connectivity index (χ0) is 37.0. The average molecular weight is 721 g/mol. The number of nitrogens with one attached hydrogen (secondary N) is 1. The Balaban J connectivity index is 1.27. The van der Waals surface area contributed by atoms with Crippen molar-refractivity contribution in [1.29, 1.82) is 0 Å². The molecular weight excluding hydrogens is 689 g/mol. The lowest BCUT2D eigenvalue weighted by Crippen LogP contribution is -2.35. The van der Waals surface area contributed by atoms with Gasteiger partial charge in [0, 0.05) is 38.2 Å². The van der Waals surface area contributed by atoms with Gasteiger partial charge in [0.25, 0.3) is 0 Å². The number of fused-ring (bicyclic) bond motifs is 7. The molecule has 264 valence electrons. The van der Waals surface area contributed by atoms with Crippen LogP contribution in [0.2, 0.25) is 0 Å². The van der Waals surface area contributed by atoms with E-state index in [1.165, 1.54) is 0 Å². The van der Waals surface area contributed by atoms with E-state index in [0.29, 0.717) is 23.6 Å². The maximum Gasteiger partial charge on any atom is 0.238 e. The molecule has 0 saturated heterocycles. The fourth-order valence-electron chi connectivity index (χ4n) is 7.90. The lowest BCUT2D eigenvalue weighted by molar-refractivity contribution is 0.668.